The molecule has 0 unspecified atom stereocenters. The third kappa shape index (κ3) is 3.15. The summed E-state index contributed by atoms with van der Waals surface area (Å²) >= 11 is 0. The van der Waals surface area contributed by atoms with Gasteiger partial charge in [-0.1, -0.05) is 13.0 Å². The largest absolute Gasteiger partial charge is 0.379 e. The first-order chi connectivity index (χ1) is 10.1. The first-order valence-corrected chi connectivity index (χ1v) is 7.34. The lowest BCUT2D eigenvalue weighted by Gasteiger charge is -2.35. The molecule has 0 bridgehead atoms. The van der Waals surface area contributed by atoms with Crippen molar-refractivity contribution >= 4 is 17.3 Å². The summed E-state index contributed by atoms with van der Waals surface area (Å²) in [4.78, 5) is 25.0. The van der Waals surface area contributed by atoms with E-state index in [0.717, 1.165) is 25.7 Å². The smallest absolute Gasteiger partial charge is 0.293 e. The predicted molar refractivity (Wildman–Crippen MR) is 81.6 cm³/mol. The second-order valence-electron chi connectivity index (χ2n) is 5.38. The molecule has 0 atom stereocenters. The standard InChI is InChI=1S/C15H21N3O3/c1-3-10-16-14-12(8-5-9-13(14)18(20)21)15(19)17(2)11-6-4-7-11/h5,8-9,11,16H,3-4,6-7,10H2,1-2H3. The van der Waals surface area contributed by atoms with Crippen molar-refractivity contribution in [3.63, 3.8) is 0 Å². The third-order valence-electron chi connectivity index (χ3n) is 3.96. The molecule has 0 radical (unpaired) electrons. The number of nitrogens with one attached hydrogen (secondary N) is 1. The number of hydrogen-bond donors (Lipinski definition) is 1. The van der Waals surface area contributed by atoms with E-state index < -0.39 is 4.92 Å². The second-order valence-corrected chi connectivity index (χ2v) is 5.38. The van der Waals surface area contributed by atoms with Crippen molar-refractivity contribution < 1.29 is 9.72 Å². The van der Waals surface area contributed by atoms with Crippen LogP contribution in [0.15, 0.2) is 18.2 Å². The Bertz CT molecular complexity index is 541. The van der Waals surface area contributed by atoms with Gasteiger partial charge in [0.2, 0.25) is 0 Å². The van der Waals surface area contributed by atoms with E-state index in [9.17, 15) is 14.9 Å². The minimum absolute atomic E-state index is 0.0451. The van der Waals surface area contributed by atoms with E-state index in [1.54, 1.807) is 24.1 Å². The maximum Gasteiger partial charge on any atom is 0.293 e. The van der Waals surface area contributed by atoms with Crippen molar-refractivity contribution in [1.29, 1.82) is 0 Å². The van der Waals surface area contributed by atoms with Crippen LogP contribution in [0.1, 0.15) is 43.0 Å². The highest BCUT2D eigenvalue weighted by Gasteiger charge is 2.29. The number of rotatable bonds is 6. The van der Waals surface area contributed by atoms with Gasteiger partial charge < -0.3 is 10.2 Å². The molecule has 2 rings (SSSR count). The van der Waals surface area contributed by atoms with E-state index in [4.69, 9.17) is 0 Å². The number of hydrogen-bond acceptors (Lipinski definition) is 4. The van der Waals surface area contributed by atoms with Gasteiger partial charge in [-0.2, -0.15) is 0 Å². The Hall–Kier alpha value is -2.11. The van der Waals surface area contributed by atoms with Gasteiger partial charge in [0.15, 0.2) is 0 Å². The second kappa shape index (κ2) is 6.56. The predicted octanol–water partition coefficient (Wildman–Crippen LogP) is 3.04. The molecule has 0 heterocycles. The number of anilines is 1. The van der Waals surface area contributed by atoms with Crippen LogP contribution < -0.4 is 5.32 Å². The van der Waals surface area contributed by atoms with Crippen molar-refractivity contribution in [2.24, 2.45) is 0 Å². The average Bonchev–Trinajstić information content (AvgIpc) is 2.41. The number of carbonyl (C=O) groups is 1. The maximum absolute atomic E-state index is 12.6. The molecule has 1 saturated carbocycles. The third-order valence-corrected chi connectivity index (χ3v) is 3.96. The van der Waals surface area contributed by atoms with Crippen LogP contribution in [0.4, 0.5) is 11.4 Å². The van der Waals surface area contributed by atoms with E-state index in [0.29, 0.717) is 17.8 Å². The molecule has 6 nitrogen and oxygen atoms in total. The molecule has 1 aromatic rings. The summed E-state index contributed by atoms with van der Waals surface area (Å²) < 4.78 is 0. The Morgan fingerprint density at radius 2 is 2.19 bits per heavy atom. The molecule has 1 aliphatic rings. The van der Waals surface area contributed by atoms with Crippen LogP contribution in [0.3, 0.4) is 0 Å². The van der Waals surface area contributed by atoms with Crippen LogP contribution in [-0.4, -0.2) is 35.4 Å². The lowest BCUT2D eigenvalue weighted by molar-refractivity contribution is -0.384. The van der Waals surface area contributed by atoms with Gasteiger partial charge in [-0.25, -0.2) is 0 Å². The fourth-order valence-electron chi connectivity index (χ4n) is 2.44. The van der Waals surface area contributed by atoms with Crippen LogP contribution in [0.5, 0.6) is 0 Å². The van der Waals surface area contributed by atoms with Gasteiger partial charge in [-0.3, -0.25) is 14.9 Å². The zero-order valence-electron chi connectivity index (χ0n) is 12.5. The lowest BCUT2D eigenvalue weighted by atomic mass is 9.91. The van der Waals surface area contributed by atoms with Gasteiger partial charge in [0, 0.05) is 25.7 Å². The Kier molecular flexibility index (Phi) is 4.77. The SMILES string of the molecule is CCCNc1c(C(=O)N(C)C2CCC2)cccc1[N+](=O)[O-]. The van der Waals surface area contributed by atoms with Gasteiger partial charge in [0.05, 0.1) is 10.5 Å². The van der Waals surface area contributed by atoms with E-state index in [1.165, 1.54) is 6.07 Å². The molecular weight excluding hydrogens is 270 g/mol. The minimum Gasteiger partial charge on any atom is -0.379 e. The minimum atomic E-state index is -0.446. The average molecular weight is 291 g/mol. The van der Waals surface area contributed by atoms with Gasteiger partial charge in [0.25, 0.3) is 11.6 Å². The molecule has 21 heavy (non-hydrogen) atoms. The van der Waals surface area contributed by atoms with Crippen LogP contribution in [0.25, 0.3) is 0 Å². The molecule has 1 amide bonds. The number of amides is 1. The summed E-state index contributed by atoms with van der Waals surface area (Å²) in [5.74, 6) is -0.151. The summed E-state index contributed by atoms with van der Waals surface area (Å²) in [6, 6.07) is 4.91. The Balaban J connectivity index is 2.34. The molecule has 1 aliphatic carbocycles. The van der Waals surface area contributed by atoms with Crippen molar-refractivity contribution in [2.45, 2.75) is 38.6 Å². The van der Waals surface area contributed by atoms with Crippen LogP contribution in [0, 0.1) is 10.1 Å². The summed E-state index contributed by atoms with van der Waals surface area (Å²) in [5.41, 5.74) is 0.670. The van der Waals surface area contributed by atoms with Crippen molar-refractivity contribution in [3.05, 3.63) is 33.9 Å². The van der Waals surface area contributed by atoms with E-state index in [2.05, 4.69) is 5.32 Å². The fourth-order valence-corrected chi connectivity index (χ4v) is 2.44. The molecule has 1 aromatic carbocycles. The van der Waals surface area contributed by atoms with E-state index in [-0.39, 0.29) is 17.6 Å². The molecule has 0 aromatic heterocycles. The van der Waals surface area contributed by atoms with Gasteiger partial charge in [-0.05, 0) is 31.7 Å². The highest BCUT2D eigenvalue weighted by Crippen LogP contribution is 2.31. The number of benzene rings is 1. The van der Waals surface area contributed by atoms with Crippen molar-refractivity contribution in [1.82, 2.24) is 4.90 Å². The first kappa shape index (κ1) is 15.3. The van der Waals surface area contributed by atoms with Crippen LogP contribution in [-0.2, 0) is 0 Å². The number of nitro benzene ring substituents is 1. The molecule has 1 N–H and O–H groups in total. The molecule has 6 heteroatoms. The molecule has 1 fully saturated rings. The lowest BCUT2D eigenvalue weighted by Crippen LogP contribution is -2.41. The molecular formula is C15H21N3O3. The molecule has 0 spiro atoms. The van der Waals surface area contributed by atoms with Crippen molar-refractivity contribution in [2.75, 3.05) is 18.9 Å². The Labute approximate surface area is 124 Å². The number of carbonyl (C=O) groups excluding carboxylic acids is 1. The van der Waals surface area contributed by atoms with Gasteiger partial charge >= 0.3 is 0 Å². The summed E-state index contributed by atoms with van der Waals surface area (Å²) in [6.45, 7) is 2.57. The first-order valence-electron chi connectivity index (χ1n) is 7.34. The van der Waals surface area contributed by atoms with Crippen molar-refractivity contribution in [3.8, 4) is 0 Å². The maximum atomic E-state index is 12.6. The topological polar surface area (TPSA) is 75.5 Å². The summed E-state index contributed by atoms with van der Waals surface area (Å²) in [7, 11) is 1.77. The highest BCUT2D eigenvalue weighted by atomic mass is 16.6. The number of para-hydroxylation sites is 1. The Morgan fingerprint density at radius 3 is 2.71 bits per heavy atom. The zero-order valence-corrected chi connectivity index (χ0v) is 12.5. The fraction of sp³-hybridized carbons (Fsp3) is 0.533. The Morgan fingerprint density at radius 1 is 1.48 bits per heavy atom. The monoisotopic (exact) mass is 291 g/mol. The van der Waals surface area contributed by atoms with E-state index in [1.807, 2.05) is 6.92 Å². The zero-order chi connectivity index (χ0) is 15.4. The summed E-state index contributed by atoms with van der Waals surface area (Å²) in [6.07, 6.45) is 3.99. The molecule has 0 aliphatic heterocycles. The molecule has 0 saturated heterocycles. The summed E-state index contributed by atoms with van der Waals surface area (Å²) in [5, 5.41) is 14.2. The van der Waals surface area contributed by atoms with Gasteiger partial charge in [0.1, 0.15) is 5.69 Å². The van der Waals surface area contributed by atoms with Gasteiger partial charge in [-0.15, -0.1) is 0 Å². The quantitative estimate of drug-likeness (QED) is 0.645. The van der Waals surface area contributed by atoms with E-state index >= 15 is 0 Å². The normalized spacial score (nSPS) is 14.4. The molecule has 114 valence electrons. The van der Waals surface area contributed by atoms with Crippen LogP contribution >= 0.6 is 0 Å². The number of nitro groups is 1. The van der Waals surface area contributed by atoms with Crippen LogP contribution in [0.2, 0.25) is 0 Å². The number of nitrogens with zero attached hydrogens (tertiary/aromatic N) is 2. The highest BCUT2D eigenvalue weighted by molar-refractivity contribution is 6.01.